The summed E-state index contributed by atoms with van der Waals surface area (Å²) in [5, 5.41) is 16.9. The van der Waals surface area contributed by atoms with Crippen LogP contribution in [0.4, 0.5) is 16.0 Å². The molecular formula is C20H21FN4O2. The summed E-state index contributed by atoms with van der Waals surface area (Å²) in [6, 6.07) is 9.54. The largest absolute Gasteiger partial charge is 0.478 e. The number of anilines is 2. The molecule has 0 saturated heterocycles. The summed E-state index contributed by atoms with van der Waals surface area (Å²) < 4.78 is 15.9. The van der Waals surface area contributed by atoms with Crippen LogP contribution < -0.4 is 5.32 Å². The van der Waals surface area contributed by atoms with Gasteiger partial charge in [-0.05, 0) is 36.8 Å². The third kappa shape index (κ3) is 3.81. The van der Waals surface area contributed by atoms with E-state index in [1.165, 1.54) is 23.0 Å². The van der Waals surface area contributed by atoms with Crippen LogP contribution in [0.15, 0.2) is 42.6 Å². The van der Waals surface area contributed by atoms with Crippen molar-refractivity contribution < 1.29 is 14.3 Å². The normalized spacial score (nSPS) is 11.4. The predicted molar refractivity (Wildman–Crippen MR) is 101 cm³/mol. The van der Waals surface area contributed by atoms with E-state index in [0.29, 0.717) is 5.82 Å². The van der Waals surface area contributed by atoms with Crippen LogP contribution in [-0.2, 0) is 5.41 Å². The first kappa shape index (κ1) is 18.6. The fourth-order valence-electron chi connectivity index (χ4n) is 2.60. The molecule has 2 heterocycles. The molecule has 0 aliphatic heterocycles. The first-order chi connectivity index (χ1) is 12.7. The van der Waals surface area contributed by atoms with Gasteiger partial charge in [-0.1, -0.05) is 26.8 Å². The fraction of sp³-hybridized carbons (Fsp3) is 0.250. The monoisotopic (exact) mass is 368 g/mol. The Morgan fingerprint density at radius 3 is 2.63 bits per heavy atom. The van der Waals surface area contributed by atoms with E-state index >= 15 is 0 Å². The molecule has 0 radical (unpaired) electrons. The first-order valence-electron chi connectivity index (χ1n) is 8.49. The van der Waals surface area contributed by atoms with E-state index in [4.69, 9.17) is 0 Å². The molecule has 0 fully saturated rings. The van der Waals surface area contributed by atoms with Gasteiger partial charge in [0.05, 0.1) is 5.69 Å². The number of hydrogen-bond acceptors (Lipinski definition) is 4. The second kappa shape index (κ2) is 6.83. The van der Waals surface area contributed by atoms with Gasteiger partial charge in [-0.25, -0.2) is 18.9 Å². The second-order valence-electron chi connectivity index (χ2n) is 7.36. The third-order valence-corrected chi connectivity index (χ3v) is 4.09. The van der Waals surface area contributed by atoms with E-state index in [-0.39, 0.29) is 22.5 Å². The van der Waals surface area contributed by atoms with Gasteiger partial charge in [0.25, 0.3) is 0 Å². The number of carboxylic acids is 1. The average Bonchev–Trinajstić information content (AvgIpc) is 3.01. The third-order valence-electron chi connectivity index (χ3n) is 4.09. The molecular weight excluding hydrogens is 347 g/mol. The molecule has 2 aromatic heterocycles. The highest BCUT2D eigenvalue weighted by molar-refractivity contribution is 5.93. The summed E-state index contributed by atoms with van der Waals surface area (Å²) in [5.74, 6) is -0.925. The topological polar surface area (TPSA) is 80.0 Å². The number of aromatic nitrogens is 3. The minimum Gasteiger partial charge on any atom is -0.478 e. The number of aromatic carboxylic acids is 1. The van der Waals surface area contributed by atoms with Crippen molar-refractivity contribution in [2.75, 3.05) is 5.32 Å². The summed E-state index contributed by atoms with van der Waals surface area (Å²) in [4.78, 5) is 15.6. The zero-order valence-corrected chi connectivity index (χ0v) is 15.6. The van der Waals surface area contributed by atoms with Crippen LogP contribution in [0, 0.1) is 12.7 Å². The maximum Gasteiger partial charge on any atom is 0.339 e. The number of nitrogens with zero attached hydrogens (tertiary/aromatic N) is 3. The van der Waals surface area contributed by atoms with Gasteiger partial charge in [0.15, 0.2) is 0 Å². The standard InChI is InChI=1S/C20H21FN4O2/c1-12-7-8-14(21)15(10-12)25-17(11-16(24-25)20(2,3)4)23-18-13(19(26)27)6-5-9-22-18/h5-11H,1-4H3,(H,22,23)(H,26,27). The molecule has 0 bridgehead atoms. The number of carbonyl (C=O) groups is 1. The molecule has 27 heavy (non-hydrogen) atoms. The van der Waals surface area contributed by atoms with Crippen molar-refractivity contribution in [2.45, 2.75) is 33.1 Å². The lowest BCUT2D eigenvalue weighted by Crippen LogP contribution is -2.13. The van der Waals surface area contributed by atoms with E-state index < -0.39 is 11.8 Å². The molecule has 0 amide bonds. The maximum absolute atomic E-state index is 14.5. The highest BCUT2D eigenvalue weighted by atomic mass is 19.1. The summed E-state index contributed by atoms with van der Waals surface area (Å²) in [6.07, 6.45) is 1.49. The highest BCUT2D eigenvalue weighted by Crippen LogP contribution is 2.29. The maximum atomic E-state index is 14.5. The van der Waals surface area contributed by atoms with Gasteiger partial charge < -0.3 is 10.4 Å². The molecule has 0 atom stereocenters. The van der Waals surface area contributed by atoms with E-state index in [1.54, 1.807) is 24.3 Å². The quantitative estimate of drug-likeness (QED) is 0.711. The summed E-state index contributed by atoms with van der Waals surface area (Å²) in [7, 11) is 0. The average molecular weight is 368 g/mol. The smallest absolute Gasteiger partial charge is 0.339 e. The van der Waals surface area contributed by atoms with Crippen LogP contribution in [0.1, 0.15) is 42.4 Å². The second-order valence-corrected chi connectivity index (χ2v) is 7.36. The summed E-state index contributed by atoms with van der Waals surface area (Å²) in [5.41, 5.74) is 1.64. The van der Waals surface area contributed by atoms with E-state index in [9.17, 15) is 14.3 Å². The Kier molecular flexibility index (Phi) is 4.70. The van der Waals surface area contributed by atoms with Crippen molar-refractivity contribution in [1.82, 2.24) is 14.8 Å². The van der Waals surface area contributed by atoms with Gasteiger partial charge in [-0.3, -0.25) is 0 Å². The number of benzene rings is 1. The SMILES string of the molecule is Cc1ccc(F)c(-n2nc(C(C)(C)C)cc2Nc2ncccc2C(=O)O)c1. The minimum atomic E-state index is -1.10. The lowest BCUT2D eigenvalue weighted by molar-refractivity contribution is 0.0697. The van der Waals surface area contributed by atoms with E-state index in [1.807, 2.05) is 27.7 Å². The molecule has 3 aromatic rings. The zero-order valence-electron chi connectivity index (χ0n) is 15.6. The molecule has 2 N–H and O–H groups in total. The van der Waals surface area contributed by atoms with E-state index in [2.05, 4.69) is 15.4 Å². The van der Waals surface area contributed by atoms with Crippen LogP contribution in [0.25, 0.3) is 5.69 Å². The van der Waals surface area contributed by atoms with Crippen LogP contribution in [-0.4, -0.2) is 25.8 Å². The zero-order chi connectivity index (χ0) is 19.8. The molecule has 0 unspecified atom stereocenters. The minimum absolute atomic E-state index is 0.0206. The van der Waals surface area contributed by atoms with Gasteiger partial charge >= 0.3 is 5.97 Å². The Labute approximate surface area is 156 Å². The van der Waals surface area contributed by atoms with Gasteiger partial charge in [0.1, 0.15) is 28.7 Å². The number of halogens is 1. The van der Waals surface area contributed by atoms with Gasteiger partial charge in [0.2, 0.25) is 0 Å². The lowest BCUT2D eigenvalue weighted by atomic mass is 9.92. The number of hydrogen-bond donors (Lipinski definition) is 2. The molecule has 0 saturated carbocycles. The Bertz CT molecular complexity index is 1010. The number of rotatable bonds is 4. The number of aryl methyl sites for hydroxylation is 1. The molecule has 1 aromatic carbocycles. The Balaban J connectivity index is 2.16. The highest BCUT2D eigenvalue weighted by Gasteiger charge is 2.23. The molecule has 0 aliphatic rings. The number of pyridine rings is 1. The molecule has 140 valence electrons. The number of carboxylic acid groups (broad SMARTS) is 1. The van der Waals surface area contributed by atoms with Gasteiger partial charge in [-0.15, -0.1) is 0 Å². The summed E-state index contributed by atoms with van der Waals surface area (Å²) >= 11 is 0. The Hall–Kier alpha value is -3.22. The predicted octanol–water partition coefficient (Wildman–Crippen LogP) is 4.45. The Morgan fingerprint density at radius 1 is 1.22 bits per heavy atom. The van der Waals surface area contributed by atoms with Crippen molar-refractivity contribution in [3.63, 3.8) is 0 Å². The summed E-state index contributed by atoms with van der Waals surface area (Å²) in [6.45, 7) is 7.87. The van der Waals surface area contributed by atoms with Crippen LogP contribution >= 0.6 is 0 Å². The molecule has 7 heteroatoms. The van der Waals surface area contributed by atoms with Crippen LogP contribution in [0.2, 0.25) is 0 Å². The van der Waals surface area contributed by atoms with Crippen LogP contribution in [0.3, 0.4) is 0 Å². The van der Waals surface area contributed by atoms with Crippen molar-refractivity contribution in [3.05, 3.63) is 65.2 Å². The van der Waals surface area contributed by atoms with Crippen molar-refractivity contribution in [2.24, 2.45) is 0 Å². The first-order valence-corrected chi connectivity index (χ1v) is 8.49. The van der Waals surface area contributed by atoms with E-state index in [0.717, 1.165) is 11.3 Å². The lowest BCUT2D eigenvalue weighted by Gasteiger charge is -2.14. The number of nitrogens with one attached hydrogen (secondary N) is 1. The van der Waals surface area contributed by atoms with Gasteiger partial charge in [-0.2, -0.15) is 5.10 Å². The van der Waals surface area contributed by atoms with Crippen molar-refractivity contribution in [1.29, 1.82) is 0 Å². The Morgan fingerprint density at radius 2 is 1.96 bits per heavy atom. The fourth-order valence-corrected chi connectivity index (χ4v) is 2.60. The molecule has 0 aliphatic carbocycles. The molecule has 0 spiro atoms. The van der Waals surface area contributed by atoms with Crippen molar-refractivity contribution in [3.8, 4) is 5.69 Å². The molecule has 6 nitrogen and oxygen atoms in total. The van der Waals surface area contributed by atoms with Crippen LogP contribution in [0.5, 0.6) is 0 Å². The molecule has 3 rings (SSSR count). The van der Waals surface area contributed by atoms with Gasteiger partial charge in [0, 0.05) is 17.7 Å². The van der Waals surface area contributed by atoms with Crippen molar-refractivity contribution >= 4 is 17.6 Å².